The molecule has 0 amide bonds. The molecule has 2 bridgehead atoms. The average molecular weight is 126 g/mol. The van der Waals surface area contributed by atoms with E-state index in [-0.39, 0.29) is 0 Å². The molecule has 2 aliphatic heterocycles. The Balaban J connectivity index is 2.13. The minimum Gasteiger partial charge on any atom is -0.326 e. The van der Waals surface area contributed by atoms with Gasteiger partial charge < -0.3 is 4.48 Å². The lowest BCUT2D eigenvalue weighted by Crippen LogP contribution is -2.44. The summed E-state index contributed by atoms with van der Waals surface area (Å²) in [6.07, 6.45) is 4.52. The standard InChI is InChI=1S/C8H16N/c1-9-5-2-3-8(7-9)4-6-9/h8H,2-7H2,1H3/q+1. The van der Waals surface area contributed by atoms with Gasteiger partial charge in [-0.2, -0.15) is 0 Å². The maximum Gasteiger partial charge on any atom is 0.0815 e. The maximum absolute atomic E-state index is 2.42. The van der Waals surface area contributed by atoms with Gasteiger partial charge in [-0.1, -0.05) is 0 Å². The summed E-state index contributed by atoms with van der Waals surface area (Å²) in [5.74, 6) is 1.10. The first-order valence-electron chi connectivity index (χ1n) is 4.12. The van der Waals surface area contributed by atoms with E-state index in [1.54, 1.807) is 0 Å². The summed E-state index contributed by atoms with van der Waals surface area (Å²) in [5, 5.41) is 0. The molecule has 0 aromatic carbocycles. The van der Waals surface area contributed by atoms with Crippen molar-refractivity contribution in [1.82, 2.24) is 0 Å². The molecule has 9 heavy (non-hydrogen) atoms. The van der Waals surface area contributed by atoms with Gasteiger partial charge >= 0.3 is 0 Å². The van der Waals surface area contributed by atoms with Crippen LogP contribution in [0.1, 0.15) is 19.3 Å². The zero-order valence-electron chi connectivity index (χ0n) is 6.27. The van der Waals surface area contributed by atoms with Gasteiger partial charge in [-0.25, -0.2) is 0 Å². The van der Waals surface area contributed by atoms with Crippen LogP contribution in [0.4, 0.5) is 0 Å². The summed E-state index contributed by atoms with van der Waals surface area (Å²) in [6.45, 7) is 4.40. The first kappa shape index (κ1) is 5.72. The summed E-state index contributed by atoms with van der Waals surface area (Å²) >= 11 is 0. The minimum absolute atomic E-state index is 1.10. The highest BCUT2D eigenvalue weighted by atomic mass is 15.3. The van der Waals surface area contributed by atoms with Gasteiger partial charge in [0.05, 0.1) is 26.7 Å². The van der Waals surface area contributed by atoms with Crippen LogP contribution in [-0.4, -0.2) is 31.2 Å². The quantitative estimate of drug-likeness (QED) is 0.428. The first-order valence-corrected chi connectivity index (χ1v) is 4.12. The van der Waals surface area contributed by atoms with Crippen LogP contribution >= 0.6 is 0 Å². The second-order valence-corrected chi connectivity index (χ2v) is 4.05. The fourth-order valence-electron chi connectivity index (χ4n) is 2.50. The molecule has 0 radical (unpaired) electrons. The molecule has 1 heteroatoms. The second kappa shape index (κ2) is 1.72. The smallest absolute Gasteiger partial charge is 0.0815 e. The van der Waals surface area contributed by atoms with E-state index in [2.05, 4.69) is 7.05 Å². The van der Waals surface area contributed by atoms with Crippen LogP contribution < -0.4 is 0 Å². The Labute approximate surface area is 57.3 Å². The average Bonchev–Trinajstić information content (AvgIpc) is 2.07. The number of piperidine rings is 1. The van der Waals surface area contributed by atoms with Crippen molar-refractivity contribution < 1.29 is 4.48 Å². The molecule has 0 saturated carbocycles. The van der Waals surface area contributed by atoms with Crippen LogP contribution in [0.2, 0.25) is 0 Å². The topological polar surface area (TPSA) is 0 Å². The van der Waals surface area contributed by atoms with Crippen molar-refractivity contribution in [2.75, 3.05) is 26.7 Å². The third-order valence-electron chi connectivity index (χ3n) is 3.09. The summed E-state index contributed by atoms with van der Waals surface area (Å²) in [4.78, 5) is 0. The van der Waals surface area contributed by atoms with Crippen molar-refractivity contribution in [1.29, 1.82) is 0 Å². The van der Waals surface area contributed by atoms with Crippen molar-refractivity contribution >= 4 is 0 Å². The van der Waals surface area contributed by atoms with Crippen LogP contribution in [0.3, 0.4) is 0 Å². The molecule has 2 unspecified atom stereocenters. The lowest BCUT2D eigenvalue weighted by Gasteiger charge is -2.32. The van der Waals surface area contributed by atoms with Crippen molar-refractivity contribution in [3.8, 4) is 0 Å². The lowest BCUT2D eigenvalue weighted by molar-refractivity contribution is -0.902. The van der Waals surface area contributed by atoms with Crippen LogP contribution in [0, 0.1) is 5.92 Å². The normalized spacial score (nSPS) is 49.7. The van der Waals surface area contributed by atoms with Gasteiger partial charge in [0, 0.05) is 12.3 Å². The number of rotatable bonds is 0. The fourth-order valence-corrected chi connectivity index (χ4v) is 2.50. The first-order chi connectivity index (χ1) is 4.29. The fraction of sp³-hybridized carbons (Fsp3) is 1.00. The van der Waals surface area contributed by atoms with Gasteiger partial charge in [-0.05, 0) is 12.8 Å². The van der Waals surface area contributed by atoms with Crippen LogP contribution in [0.25, 0.3) is 0 Å². The molecule has 0 N–H and O–H groups in total. The Morgan fingerprint density at radius 2 is 2.11 bits per heavy atom. The van der Waals surface area contributed by atoms with E-state index in [1.807, 2.05) is 0 Å². The summed E-state index contributed by atoms with van der Waals surface area (Å²) < 4.78 is 1.39. The molecule has 2 saturated heterocycles. The van der Waals surface area contributed by atoms with Crippen molar-refractivity contribution in [3.63, 3.8) is 0 Å². The van der Waals surface area contributed by atoms with Crippen LogP contribution in [0.15, 0.2) is 0 Å². The highest BCUT2D eigenvalue weighted by molar-refractivity contribution is 4.70. The van der Waals surface area contributed by atoms with Crippen molar-refractivity contribution in [2.24, 2.45) is 5.92 Å². The Morgan fingerprint density at radius 1 is 1.22 bits per heavy atom. The highest BCUT2D eigenvalue weighted by Gasteiger charge is 2.37. The Morgan fingerprint density at radius 3 is 2.78 bits per heavy atom. The molecule has 2 fully saturated rings. The van der Waals surface area contributed by atoms with Gasteiger partial charge in [0.1, 0.15) is 0 Å². The van der Waals surface area contributed by atoms with Gasteiger partial charge in [-0.15, -0.1) is 0 Å². The van der Waals surface area contributed by atoms with E-state index in [0.717, 1.165) is 5.92 Å². The van der Waals surface area contributed by atoms with Gasteiger partial charge in [0.15, 0.2) is 0 Å². The summed E-state index contributed by atoms with van der Waals surface area (Å²) in [7, 11) is 2.42. The molecular formula is C8H16N+. The van der Waals surface area contributed by atoms with E-state index >= 15 is 0 Å². The van der Waals surface area contributed by atoms with Crippen molar-refractivity contribution in [2.45, 2.75) is 19.3 Å². The number of hydrogen-bond acceptors (Lipinski definition) is 0. The number of fused-ring (bicyclic) bond motifs is 2. The molecule has 2 aliphatic rings. The second-order valence-electron chi connectivity index (χ2n) is 4.05. The number of quaternary nitrogens is 1. The molecule has 0 spiro atoms. The predicted molar refractivity (Wildman–Crippen MR) is 38.1 cm³/mol. The highest BCUT2D eigenvalue weighted by Crippen LogP contribution is 2.31. The van der Waals surface area contributed by atoms with Crippen molar-refractivity contribution in [3.05, 3.63) is 0 Å². The Bertz CT molecular complexity index is 118. The monoisotopic (exact) mass is 126 g/mol. The molecule has 52 valence electrons. The summed E-state index contributed by atoms with van der Waals surface area (Å²) in [6, 6.07) is 0. The zero-order chi connectivity index (χ0) is 6.32. The largest absolute Gasteiger partial charge is 0.326 e. The number of hydrogen-bond donors (Lipinski definition) is 0. The molecular weight excluding hydrogens is 110 g/mol. The van der Waals surface area contributed by atoms with Crippen LogP contribution in [0.5, 0.6) is 0 Å². The van der Waals surface area contributed by atoms with E-state index < -0.39 is 0 Å². The van der Waals surface area contributed by atoms with E-state index in [1.165, 1.54) is 43.4 Å². The minimum atomic E-state index is 1.10. The molecule has 0 aromatic heterocycles. The predicted octanol–water partition coefficient (Wildman–Crippen LogP) is 1.25. The molecule has 1 nitrogen and oxygen atoms in total. The molecule has 2 atom stereocenters. The SMILES string of the molecule is C[N+]12CCCC(CC1)C2. The Hall–Kier alpha value is -0.0400. The molecule has 2 heterocycles. The van der Waals surface area contributed by atoms with Gasteiger partial charge in [0.2, 0.25) is 0 Å². The van der Waals surface area contributed by atoms with E-state index in [9.17, 15) is 0 Å². The zero-order valence-corrected chi connectivity index (χ0v) is 6.27. The summed E-state index contributed by atoms with van der Waals surface area (Å²) in [5.41, 5.74) is 0. The lowest BCUT2D eigenvalue weighted by atomic mass is 10.0. The van der Waals surface area contributed by atoms with Crippen LogP contribution in [-0.2, 0) is 0 Å². The third-order valence-corrected chi connectivity index (χ3v) is 3.09. The van der Waals surface area contributed by atoms with E-state index in [4.69, 9.17) is 0 Å². The molecule has 0 aromatic rings. The molecule has 0 aliphatic carbocycles. The molecule has 2 rings (SSSR count). The number of nitrogens with zero attached hydrogens (tertiary/aromatic N) is 1. The van der Waals surface area contributed by atoms with Gasteiger partial charge in [-0.3, -0.25) is 0 Å². The Kier molecular flexibility index (Phi) is 1.10. The van der Waals surface area contributed by atoms with E-state index in [0.29, 0.717) is 0 Å². The maximum atomic E-state index is 2.42. The third kappa shape index (κ3) is 0.877. The van der Waals surface area contributed by atoms with Gasteiger partial charge in [0.25, 0.3) is 0 Å².